The number of halogens is 4. The van der Waals surface area contributed by atoms with Crippen LogP contribution in [0.3, 0.4) is 0 Å². The molecule has 4 nitrogen and oxygen atoms in total. The third-order valence-electron chi connectivity index (χ3n) is 7.16. The van der Waals surface area contributed by atoms with E-state index in [2.05, 4.69) is 17.4 Å². The van der Waals surface area contributed by atoms with Crippen molar-refractivity contribution in [2.24, 2.45) is 0 Å². The van der Waals surface area contributed by atoms with E-state index in [1.165, 1.54) is 17.2 Å². The van der Waals surface area contributed by atoms with E-state index in [-0.39, 0.29) is 28.6 Å². The highest BCUT2D eigenvalue weighted by Gasteiger charge is 2.43. The lowest BCUT2D eigenvalue weighted by Gasteiger charge is -2.39. The highest BCUT2D eigenvalue weighted by Crippen LogP contribution is 2.44. The Kier molecular flexibility index (Phi) is 6.81. The van der Waals surface area contributed by atoms with E-state index in [4.69, 9.17) is 16.3 Å². The maximum absolute atomic E-state index is 13.4. The van der Waals surface area contributed by atoms with Gasteiger partial charge in [0.2, 0.25) is 5.91 Å². The first kappa shape index (κ1) is 24.8. The number of carbonyl (C=O) groups excluding carboxylic acids is 1. The van der Waals surface area contributed by atoms with Crippen LogP contribution in [-0.4, -0.2) is 30.4 Å². The van der Waals surface area contributed by atoms with Gasteiger partial charge in [0.15, 0.2) is 0 Å². The number of amides is 1. The molecule has 1 atom stereocenters. The first-order valence-corrected chi connectivity index (χ1v) is 12.3. The van der Waals surface area contributed by atoms with Crippen molar-refractivity contribution in [1.82, 2.24) is 10.2 Å². The second-order valence-electron chi connectivity index (χ2n) is 9.28. The molecule has 1 unspecified atom stereocenters. The molecule has 36 heavy (non-hydrogen) atoms. The first-order valence-electron chi connectivity index (χ1n) is 11.9. The van der Waals surface area contributed by atoms with Crippen molar-refractivity contribution in [3.63, 3.8) is 0 Å². The minimum Gasteiger partial charge on any atom is -0.365 e. The number of benzene rings is 3. The highest BCUT2D eigenvalue weighted by atomic mass is 35.5. The Morgan fingerprint density at radius 1 is 1.03 bits per heavy atom. The molecule has 0 bridgehead atoms. The molecule has 8 heteroatoms. The lowest BCUT2D eigenvalue weighted by molar-refractivity contribution is -0.138. The quantitative estimate of drug-likeness (QED) is 0.448. The average Bonchev–Trinajstić information content (AvgIpc) is 3.23. The van der Waals surface area contributed by atoms with Crippen LogP contribution in [0.2, 0.25) is 5.02 Å². The standard InChI is InChI=1S/C28H26ClF3N2O2/c29-24-11-10-21(28(30,31)32)16-22(24)26(19-6-2-1-3-7-19)33-17-25(35)34-14-12-27(13-15-34)23-9-5-4-8-20(23)18-36-27/h1-11,16,26,33H,12-15,17-18H2. The van der Waals surface area contributed by atoms with Gasteiger partial charge < -0.3 is 9.64 Å². The summed E-state index contributed by atoms with van der Waals surface area (Å²) in [5.74, 6) is -0.111. The predicted octanol–water partition coefficient (Wildman–Crippen LogP) is 6.09. The van der Waals surface area contributed by atoms with Crippen molar-refractivity contribution in [2.75, 3.05) is 19.6 Å². The summed E-state index contributed by atoms with van der Waals surface area (Å²) >= 11 is 6.35. The van der Waals surface area contributed by atoms with Crippen LogP contribution in [0.1, 0.15) is 46.7 Å². The van der Waals surface area contributed by atoms with E-state index in [1.807, 2.05) is 18.2 Å². The Balaban J connectivity index is 1.30. The van der Waals surface area contributed by atoms with Gasteiger partial charge in [-0.3, -0.25) is 10.1 Å². The lowest BCUT2D eigenvalue weighted by atomic mass is 9.84. The largest absolute Gasteiger partial charge is 0.416 e. The summed E-state index contributed by atoms with van der Waals surface area (Å²) in [6, 6.07) is 19.8. The molecule has 5 rings (SSSR count). The first-order chi connectivity index (χ1) is 17.3. The Morgan fingerprint density at radius 2 is 1.72 bits per heavy atom. The number of likely N-dealkylation sites (tertiary alicyclic amines) is 1. The third-order valence-corrected chi connectivity index (χ3v) is 7.50. The molecular weight excluding hydrogens is 489 g/mol. The summed E-state index contributed by atoms with van der Waals surface area (Å²) in [6.45, 7) is 1.66. The van der Waals surface area contributed by atoms with Crippen LogP contribution in [-0.2, 0) is 27.9 Å². The molecule has 1 saturated heterocycles. The van der Waals surface area contributed by atoms with E-state index >= 15 is 0 Å². The van der Waals surface area contributed by atoms with E-state index in [1.54, 1.807) is 29.2 Å². The fraction of sp³-hybridized carbons (Fsp3) is 0.321. The van der Waals surface area contributed by atoms with Crippen molar-refractivity contribution in [2.45, 2.75) is 37.3 Å². The summed E-state index contributed by atoms with van der Waals surface area (Å²) in [5.41, 5.74) is 2.27. The molecule has 188 valence electrons. The highest BCUT2D eigenvalue weighted by molar-refractivity contribution is 6.31. The number of rotatable bonds is 5. The van der Waals surface area contributed by atoms with Crippen molar-refractivity contribution >= 4 is 17.5 Å². The maximum atomic E-state index is 13.4. The third kappa shape index (κ3) is 4.88. The van der Waals surface area contributed by atoms with Crippen molar-refractivity contribution in [3.05, 3.63) is 106 Å². The van der Waals surface area contributed by atoms with Gasteiger partial charge in [0.05, 0.1) is 30.4 Å². The average molecular weight is 515 g/mol. The van der Waals surface area contributed by atoms with Gasteiger partial charge in [0, 0.05) is 18.1 Å². The zero-order valence-corrected chi connectivity index (χ0v) is 20.3. The van der Waals surface area contributed by atoms with Gasteiger partial charge in [0.1, 0.15) is 0 Å². The second kappa shape index (κ2) is 9.88. The number of alkyl halides is 3. The Morgan fingerprint density at radius 3 is 2.44 bits per heavy atom. The topological polar surface area (TPSA) is 41.6 Å². The number of piperidine rings is 1. The zero-order chi connectivity index (χ0) is 25.3. The minimum atomic E-state index is -4.50. The number of hydrogen-bond donors (Lipinski definition) is 1. The number of nitrogens with zero attached hydrogens (tertiary/aromatic N) is 1. The van der Waals surface area contributed by atoms with Crippen molar-refractivity contribution < 1.29 is 22.7 Å². The summed E-state index contributed by atoms with van der Waals surface area (Å²) < 4.78 is 46.4. The molecule has 3 aromatic rings. The molecule has 2 aliphatic rings. The number of nitrogens with one attached hydrogen (secondary N) is 1. The SMILES string of the molecule is O=C(CNC(c1ccccc1)c1cc(C(F)(F)F)ccc1Cl)N1CCC2(CC1)OCc1ccccc12. The van der Waals surface area contributed by atoms with Crippen LogP contribution < -0.4 is 5.32 Å². The van der Waals surface area contributed by atoms with Crippen LogP contribution in [0.5, 0.6) is 0 Å². The van der Waals surface area contributed by atoms with Crippen LogP contribution in [0.4, 0.5) is 13.2 Å². The summed E-state index contributed by atoms with van der Waals surface area (Å²) in [4.78, 5) is 14.9. The molecule has 0 saturated carbocycles. The van der Waals surface area contributed by atoms with Crippen LogP contribution in [0, 0.1) is 0 Å². The Labute approximate surface area is 213 Å². The smallest absolute Gasteiger partial charge is 0.365 e. The second-order valence-corrected chi connectivity index (χ2v) is 9.69. The van der Waals surface area contributed by atoms with Gasteiger partial charge in [-0.1, -0.05) is 66.2 Å². The van der Waals surface area contributed by atoms with E-state index in [0.29, 0.717) is 32.5 Å². The molecular formula is C28H26ClF3N2O2. The zero-order valence-electron chi connectivity index (χ0n) is 19.5. The molecule has 2 aliphatic heterocycles. The minimum absolute atomic E-state index is 0.0312. The van der Waals surface area contributed by atoms with Crippen LogP contribution in [0.25, 0.3) is 0 Å². The molecule has 1 amide bonds. The molecule has 3 aromatic carbocycles. The Bertz CT molecular complexity index is 1240. The molecule has 2 heterocycles. The summed E-state index contributed by atoms with van der Waals surface area (Å²) in [5, 5.41) is 3.37. The summed E-state index contributed by atoms with van der Waals surface area (Å²) in [6.07, 6.45) is -3.09. The summed E-state index contributed by atoms with van der Waals surface area (Å²) in [7, 11) is 0. The molecule has 0 aliphatic carbocycles. The van der Waals surface area contributed by atoms with Gasteiger partial charge in [-0.15, -0.1) is 0 Å². The number of ether oxygens (including phenoxy) is 1. The predicted molar refractivity (Wildman–Crippen MR) is 131 cm³/mol. The van der Waals surface area contributed by atoms with Gasteiger partial charge in [0.25, 0.3) is 0 Å². The van der Waals surface area contributed by atoms with Gasteiger partial charge in [-0.05, 0) is 53.3 Å². The van der Waals surface area contributed by atoms with Crippen LogP contribution >= 0.6 is 11.6 Å². The monoisotopic (exact) mass is 514 g/mol. The molecule has 1 spiro atoms. The molecule has 1 fully saturated rings. The van der Waals surface area contributed by atoms with E-state index in [0.717, 1.165) is 17.7 Å². The fourth-order valence-corrected chi connectivity index (χ4v) is 5.44. The number of hydrogen-bond acceptors (Lipinski definition) is 3. The molecule has 0 radical (unpaired) electrons. The van der Waals surface area contributed by atoms with Gasteiger partial charge in [-0.2, -0.15) is 13.2 Å². The number of fused-ring (bicyclic) bond motifs is 2. The lowest BCUT2D eigenvalue weighted by Crippen LogP contribution is -2.48. The van der Waals surface area contributed by atoms with Gasteiger partial charge in [-0.25, -0.2) is 0 Å². The van der Waals surface area contributed by atoms with Crippen LogP contribution in [0.15, 0.2) is 72.8 Å². The van der Waals surface area contributed by atoms with Gasteiger partial charge >= 0.3 is 6.18 Å². The maximum Gasteiger partial charge on any atom is 0.416 e. The van der Waals surface area contributed by atoms with E-state index in [9.17, 15) is 18.0 Å². The van der Waals surface area contributed by atoms with Crippen molar-refractivity contribution in [3.8, 4) is 0 Å². The fourth-order valence-electron chi connectivity index (χ4n) is 5.21. The Hall–Kier alpha value is -2.87. The number of carbonyl (C=O) groups is 1. The molecule has 0 aromatic heterocycles. The normalized spacial score (nSPS) is 17.7. The van der Waals surface area contributed by atoms with Crippen molar-refractivity contribution in [1.29, 1.82) is 0 Å². The van der Waals surface area contributed by atoms with E-state index < -0.39 is 17.8 Å². The molecule has 1 N–H and O–H groups in total.